The fourth-order valence-corrected chi connectivity index (χ4v) is 20.2. The molecule has 0 radical (unpaired) electrons. The predicted octanol–water partition coefficient (Wildman–Crippen LogP) is 9.71. The first-order chi connectivity index (χ1) is 17.9. The van der Waals surface area contributed by atoms with Crippen LogP contribution < -0.4 is 6.54 Å². The molecule has 0 aromatic heterocycles. The molecule has 0 heterocycles. The van der Waals surface area contributed by atoms with Gasteiger partial charge in [-0.2, -0.15) is 0 Å². The molecule has 210 valence electrons. The van der Waals surface area contributed by atoms with Crippen molar-refractivity contribution in [2.45, 2.75) is 52.1 Å². The topological polar surface area (TPSA) is 0 Å². The number of halogens is 2. The summed E-state index contributed by atoms with van der Waals surface area (Å²) in [7, 11) is 0. The van der Waals surface area contributed by atoms with Crippen LogP contribution in [0.1, 0.15) is 61.9 Å². The van der Waals surface area contributed by atoms with Crippen LogP contribution in [0.4, 0.5) is 0 Å². The molecule has 1 unspecified atom stereocenters. The van der Waals surface area contributed by atoms with E-state index in [1.165, 1.54) is 51.1 Å². The zero-order chi connectivity index (χ0) is 27.5. The first-order valence-corrected chi connectivity index (χ1v) is 21.9. The third-order valence-corrected chi connectivity index (χ3v) is 23.7. The van der Waals surface area contributed by atoms with Gasteiger partial charge in [-0.15, -0.1) is 24.8 Å². The number of aryl methyl sites for hydroxylation is 1. The van der Waals surface area contributed by atoms with Gasteiger partial charge in [0.1, 0.15) is 0 Å². The Balaban J connectivity index is 0.00000220. The van der Waals surface area contributed by atoms with E-state index in [1.807, 2.05) is 12.2 Å². The molecule has 2 aliphatic rings. The van der Waals surface area contributed by atoms with E-state index in [0.29, 0.717) is 5.92 Å². The molecule has 0 aliphatic heterocycles. The number of fused-ring (bicyclic) bond motifs is 3. The summed E-state index contributed by atoms with van der Waals surface area (Å²) in [5.41, 5.74) is 10.8. The zero-order valence-corrected chi connectivity index (χ0v) is 29.0. The summed E-state index contributed by atoms with van der Waals surface area (Å²) >= 11 is -4.35. The summed E-state index contributed by atoms with van der Waals surface area (Å²) in [5.74, 6) is 0.415. The second-order valence-electron chi connectivity index (χ2n) is 13.0. The predicted molar refractivity (Wildman–Crippen MR) is 182 cm³/mol. The fourth-order valence-electron chi connectivity index (χ4n) is 6.78. The minimum absolute atomic E-state index is 0. The molecule has 0 N–H and O–H groups in total. The number of hydrogen-bond donors (Lipinski definition) is 0. The van der Waals surface area contributed by atoms with Gasteiger partial charge in [0.15, 0.2) is 0 Å². The second kappa shape index (κ2) is 11.3. The van der Waals surface area contributed by atoms with Crippen molar-refractivity contribution in [1.82, 2.24) is 0 Å². The van der Waals surface area contributed by atoms with Crippen molar-refractivity contribution in [1.29, 1.82) is 0 Å². The molecule has 0 fully saturated rings. The third kappa shape index (κ3) is 5.08. The van der Waals surface area contributed by atoms with Crippen molar-refractivity contribution in [2.75, 3.05) is 0 Å². The van der Waals surface area contributed by atoms with Crippen LogP contribution in [0.2, 0.25) is 4.63 Å². The van der Waals surface area contributed by atoms with E-state index in [9.17, 15) is 0 Å². The average Bonchev–Trinajstić information content (AvgIpc) is 3.50. The molecular weight excluding hydrogens is 607 g/mol. The van der Waals surface area contributed by atoms with Crippen LogP contribution in [0, 0.1) is 18.3 Å². The molecule has 3 aromatic rings. The molecule has 2 aliphatic carbocycles. The SMILES string of the molecule is C=Cc1ccc2c(c1)-c1cc(C=C)c[c]([Zr](=[CH2])([CH3])([C]3=CC(C(C)(C)C)=CC3CC)[c]3ccc(C)cc3)c1C2.Cl.Cl. The Labute approximate surface area is 255 Å². The van der Waals surface area contributed by atoms with E-state index in [2.05, 4.69) is 119 Å². The van der Waals surface area contributed by atoms with E-state index in [0.717, 1.165) is 12.8 Å². The molecule has 5 rings (SSSR count). The van der Waals surface area contributed by atoms with Crippen LogP contribution in [0.25, 0.3) is 23.3 Å². The summed E-state index contributed by atoms with van der Waals surface area (Å²) in [5, 5.41) is 0. The Morgan fingerprint density at radius 3 is 2.10 bits per heavy atom. The molecule has 0 saturated heterocycles. The van der Waals surface area contributed by atoms with E-state index in [1.54, 1.807) is 3.28 Å². The van der Waals surface area contributed by atoms with Crippen LogP contribution in [0.3, 0.4) is 0 Å². The van der Waals surface area contributed by atoms with Gasteiger partial charge in [0.05, 0.1) is 0 Å². The van der Waals surface area contributed by atoms with Crippen molar-refractivity contribution < 1.29 is 18.3 Å². The Morgan fingerprint density at radius 2 is 1.52 bits per heavy atom. The molecule has 0 amide bonds. The van der Waals surface area contributed by atoms with Crippen LogP contribution in [0.15, 0.2) is 88.8 Å². The molecule has 1 atom stereocenters. The number of benzene rings is 3. The van der Waals surface area contributed by atoms with E-state index in [4.69, 9.17) is 4.21 Å². The van der Waals surface area contributed by atoms with Gasteiger partial charge in [-0.25, -0.2) is 0 Å². The molecule has 0 nitrogen and oxygen atoms in total. The van der Waals surface area contributed by atoms with Crippen molar-refractivity contribution in [3.63, 3.8) is 0 Å². The third-order valence-electron chi connectivity index (χ3n) is 9.28. The molecule has 40 heavy (non-hydrogen) atoms. The smallest absolute Gasteiger partial charge is 0.147 e. The number of allylic oxidation sites excluding steroid dienone is 4. The average molecular weight is 651 g/mol. The quantitative estimate of drug-likeness (QED) is 0.195. The summed E-state index contributed by atoms with van der Waals surface area (Å²) in [6, 6.07) is 20.9. The molecule has 0 bridgehead atoms. The van der Waals surface area contributed by atoms with Crippen molar-refractivity contribution >= 4 is 47.7 Å². The van der Waals surface area contributed by atoms with Crippen LogP contribution in [-0.4, -0.2) is 4.21 Å². The van der Waals surface area contributed by atoms with E-state index in [-0.39, 0.29) is 30.2 Å². The maximum Gasteiger partial charge on any atom is -0.147 e. The van der Waals surface area contributed by atoms with E-state index >= 15 is 0 Å². The molecule has 3 heteroatoms. The van der Waals surface area contributed by atoms with Crippen molar-refractivity contribution in [3.05, 3.63) is 117 Å². The molecule has 3 aromatic carbocycles. The van der Waals surface area contributed by atoms with Gasteiger partial charge in [-0.1, -0.05) is 0 Å². The van der Waals surface area contributed by atoms with Gasteiger partial charge in [0.2, 0.25) is 0 Å². The van der Waals surface area contributed by atoms with Gasteiger partial charge >= 0.3 is 232 Å². The van der Waals surface area contributed by atoms with Crippen LogP contribution >= 0.6 is 24.8 Å². The molecule has 0 saturated carbocycles. The zero-order valence-electron chi connectivity index (χ0n) is 24.9. The summed E-state index contributed by atoms with van der Waals surface area (Å²) in [6.45, 7) is 19.8. The van der Waals surface area contributed by atoms with E-state index < -0.39 is 18.3 Å². The normalized spacial score (nSPS) is 16.1. The Kier molecular flexibility index (Phi) is 9.19. The Hall–Kier alpha value is -2.05. The van der Waals surface area contributed by atoms with Gasteiger partial charge in [-0.05, 0) is 0 Å². The summed E-state index contributed by atoms with van der Waals surface area (Å²) in [6.07, 6.45) is 11.1. The minimum atomic E-state index is -4.35. The fraction of sp³-hybridized carbons (Fsp3) is 0.270. The first-order valence-electron chi connectivity index (χ1n) is 14.0. The van der Waals surface area contributed by atoms with Crippen LogP contribution in [-0.2, 0) is 24.7 Å². The van der Waals surface area contributed by atoms with Crippen molar-refractivity contribution in [2.24, 2.45) is 11.3 Å². The van der Waals surface area contributed by atoms with Gasteiger partial charge < -0.3 is 0 Å². The maximum absolute atomic E-state index is 5.48. The Morgan fingerprint density at radius 1 is 0.900 bits per heavy atom. The largest absolute Gasteiger partial charge is 0.147 e. The minimum Gasteiger partial charge on any atom is -0.147 e. The monoisotopic (exact) mass is 648 g/mol. The van der Waals surface area contributed by atoms with Gasteiger partial charge in [0.25, 0.3) is 0 Å². The van der Waals surface area contributed by atoms with Crippen LogP contribution in [0.5, 0.6) is 0 Å². The van der Waals surface area contributed by atoms with Crippen molar-refractivity contribution in [3.8, 4) is 11.1 Å². The second-order valence-corrected chi connectivity index (χ2v) is 27.0. The molecular formula is C37H44Cl2Zr. The molecule has 0 spiro atoms. The first kappa shape index (κ1) is 32.5. The maximum atomic E-state index is 5.48. The number of hydrogen-bond acceptors (Lipinski definition) is 0. The van der Waals surface area contributed by atoms with Gasteiger partial charge in [0, 0.05) is 0 Å². The summed E-state index contributed by atoms with van der Waals surface area (Å²) in [4.78, 5) is 0. The standard InChI is InChI=1S/C17H13.C11H17.C7H7.CH3.CH2.2ClH.Zr/c1-3-12-5-7-14-11-15-8-6-13(4-2)10-17(15)16(14)9-12;1-5-9-6-7-10(8-9)11(2,3)4;1-7-5-3-2-4-6-7;;;;;/h3-7,9-10H,1-2,11H2;7-9H,5H2,1-4H3;3-6H,1H3;1H3;1H2;2*1H;. The number of rotatable bonds is 6. The van der Waals surface area contributed by atoms with Gasteiger partial charge in [-0.3, -0.25) is 0 Å². The summed E-state index contributed by atoms with van der Waals surface area (Å²) < 4.78 is 12.6. The Bertz CT molecular complexity index is 1610.